The van der Waals surface area contributed by atoms with Crippen molar-refractivity contribution in [2.24, 2.45) is 11.8 Å². The third-order valence-corrected chi connectivity index (χ3v) is 6.09. The van der Waals surface area contributed by atoms with Crippen LogP contribution in [-0.2, 0) is 4.79 Å². The molecule has 6 nitrogen and oxygen atoms in total. The average molecular weight is 394 g/mol. The molecule has 2 heterocycles. The lowest BCUT2D eigenvalue weighted by atomic mass is 9.75. The lowest BCUT2D eigenvalue weighted by Crippen LogP contribution is -2.36. The first-order valence-electron chi connectivity index (χ1n) is 9.50. The number of carbonyl (C=O) groups is 2. The van der Waals surface area contributed by atoms with Crippen molar-refractivity contribution in [1.82, 2.24) is 14.6 Å². The largest absolute Gasteiger partial charge is 0.316 e. The summed E-state index contributed by atoms with van der Waals surface area (Å²) in [6.07, 6.45) is 5.14. The minimum atomic E-state index is -0.295. The van der Waals surface area contributed by atoms with Crippen molar-refractivity contribution in [2.45, 2.75) is 32.6 Å². The summed E-state index contributed by atoms with van der Waals surface area (Å²) in [5, 5.41) is 10.6. The number of aromatic amines is 1. The minimum Gasteiger partial charge on any atom is -0.316 e. The first kappa shape index (κ1) is 18.6. The van der Waals surface area contributed by atoms with Gasteiger partial charge in [0.25, 0.3) is 0 Å². The summed E-state index contributed by atoms with van der Waals surface area (Å²) in [6.45, 7) is 1.89. The maximum Gasteiger partial charge on any atom is 0.228 e. The van der Waals surface area contributed by atoms with Crippen molar-refractivity contribution in [2.75, 3.05) is 5.32 Å². The maximum atomic E-state index is 13.2. The van der Waals surface area contributed by atoms with Gasteiger partial charge in [0.1, 0.15) is 5.00 Å². The van der Waals surface area contributed by atoms with Crippen LogP contribution in [0.3, 0.4) is 0 Å². The van der Waals surface area contributed by atoms with E-state index in [4.69, 9.17) is 0 Å². The van der Waals surface area contributed by atoms with Crippen LogP contribution in [-0.4, -0.2) is 26.3 Å². The number of carbonyl (C=O) groups excluding carboxylic acids is 2. The number of hydrogen-bond acceptors (Lipinski definition) is 5. The smallest absolute Gasteiger partial charge is 0.228 e. The van der Waals surface area contributed by atoms with Crippen LogP contribution in [0, 0.1) is 18.8 Å². The van der Waals surface area contributed by atoms with E-state index in [1.807, 2.05) is 43.3 Å². The molecule has 1 aliphatic carbocycles. The highest BCUT2D eigenvalue weighted by Crippen LogP contribution is 2.34. The van der Waals surface area contributed by atoms with Gasteiger partial charge in [0, 0.05) is 23.6 Å². The number of aryl methyl sites for hydroxylation is 1. The van der Waals surface area contributed by atoms with Gasteiger partial charge in [0.2, 0.25) is 5.91 Å². The molecule has 1 saturated carbocycles. The van der Waals surface area contributed by atoms with E-state index in [9.17, 15) is 9.59 Å². The SMILES string of the molecule is Cc1cc(NC(=O)[C@H]2CCCC[C@@H]2C(=O)c2ccc(-c3ccn[nH]3)cc2)sn1. The maximum absolute atomic E-state index is 13.2. The van der Waals surface area contributed by atoms with E-state index in [1.54, 1.807) is 6.20 Å². The molecule has 0 aliphatic heterocycles. The predicted molar refractivity (Wildman–Crippen MR) is 109 cm³/mol. The van der Waals surface area contributed by atoms with E-state index >= 15 is 0 Å². The number of aromatic nitrogens is 3. The van der Waals surface area contributed by atoms with Crippen molar-refractivity contribution in [3.05, 3.63) is 53.9 Å². The van der Waals surface area contributed by atoms with Gasteiger partial charge in [-0.2, -0.15) is 9.47 Å². The summed E-state index contributed by atoms with van der Waals surface area (Å²) in [4.78, 5) is 26.0. The Hall–Kier alpha value is -2.80. The summed E-state index contributed by atoms with van der Waals surface area (Å²) in [5.74, 6) is -0.594. The van der Waals surface area contributed by atoms with Crippen LogP contribution in [0.1, 0.15) is 41.7 Å². The van der Waals surface area contributed by atoms with E-state index in [0.717, 1.165) is 47.6 Å². The first-order chi connectivity index (χ1) is 13.6. The molecule has 1 aliphatic rings. The van der Waals surface area contributed by atoms with Crippen molar-refractivity contribution in [3.8, 4) is 11.3 Å². The van der Waals surface area contributed by atoms with Gasteiger partial charge in [0.05, 0.1) is 11.4 Å². The van der Waals surface area contributed by atoms with Gasteiger partial charge in [-0.25, -0.2) is 0 Å². The van der Waals surface area contributed by atoms with Crippen molar-refractivity contribution < 1.29 is 9.59 Å². The summed E-state index contributed by atoms with van der Waals surface area (Å²) >= 11 is 1.27. The molecule has 7 heteroatoms. The van der Waals surface area contributed by atoms with Gasteiger partial charge < -0.3 is 5.32 Å². The van der Waals surface area contributed by atoms with Crippen molar-refractivity contribution in [1.29, 1.82) is 0 Å². The van der Waals surface area contributed by atoms with E-state index in [-0.39, 0.29) is 23.5 Å². The minimum absolute atomic E-state index is 0.0523. The molecule has 1 amide bonds. The second-order valence-corrected chi connectivity index (χ2v) is 8.04. The van der Waals surface area contributed by atoms with Crippen LogP contribution < -0.4 is 5.32 Å². The van der Waals surface area contributed by atoms with Gasteiger partial charge in [0.15, 0.2) is 5.78 Å². The zero-order valence-electron chi connectivity index (χ0n) is 15.6. The fourth-order valence-electron chi connectivity index (χ4n) is 3.84. The van der Waals surface area contributed by atoms with Crippen LogP contribution in [0.5, 0.6) is 0 Å². The Morgan fingerprint density at radius 1 is 1.11 bits per heavy atom. The lowest BCUT2D eigenvalue weighted by molar-refractivity contribution is -0.121. The monoisotopic (exact) mass is 394 g/mol. The summed E-state index contributed by atoms with van der Waals surface area (Å²) in [7, 11) is 0. The van der Waals surface area contributed by atoms with E-state index in [1.165, 1.54) is 11.5 Å². The fraction of sp³-hybridized carbons (Fsp3) is 0.333. The fourth-order valence-corrected chi connectivity index (χ4v) is 4.50. The molecule has 144 valence electrons. The Morgan fingerprint density at radius 2 is 1.86 bits per heavy atom. The Balaban J connectivity index is 1.50. The second-order valence-electron chi connectivity index (χ2n) is 7.23. The van der Waals surface area contributed by atoms with Crippen LogP contribution >= 0.6 is 11.5 Å². The van der Waals surface area contributed by atoms with E-state index in [0.29, 0.717) is 5.56 Å². The summed E-state index contributed by atoms with van der Waals surface area (Å²) in [5.41, 5.74) is 3.43. The number of amides is 1. The highest BCUT2D eigenvalue weighted by Gasteiger charge is 2.36. The number of rotatable bonds is 5. The van der Waals surface area contributed by atoms with Crippen LogP contribution in [0.25, 0.3) is 11.3 Å². The number of Topliss-reactive ketones (excluding diaryl/α,β-unsaturated/α-hetero) is 1. The number of H-pyrrole nitrogens is 1. The number of nitrogens with zero attached hydrogens (tertiary/aromatic N) is 2. The first-order valence-corrected chi connectivity index (χ1v) is 10.3. The molecule has 2 N–H and O–H groups in total. The molecule has 0 unspecified atom stereocenters. The number of anilines is 1. The second kappa shape index (κ2) is 8.06. The zero-order chi connectivity index (χ0) is 19.5. The topological polar surface area (TPSA) is 87.7 Å². The molecule has 0 saturated heterocycles. The normalized spacial score (nSPS) is 19.3. The van der Waals surface area contributed by atoms with Gasteiger partial charge in [-0.3, -0.25) is 14.7 Å². The number of ketones is 1. The quantitative estimate of drug-likeness (QED) is 0.625. The molecule has 1 fully saturated rings. The molecular weight excluding hydrogens is 372 g/mol. The standard InChI is InChI=1S/C21H22N4O2S/c1-13-12-19(28-25-13)23-21(27)17-5-3-2-4-16(17)20(26)15-8-6-14(7-9-15)18-10-11-22-24-18/h6-12,16-17H,2-5H2,1H3,(H,22,24)(H,23,27)/t16-,17-/m0/s1. The molecule has 0 radical (unpaired) electrons. The molecular formula is C21H22N4O2S. The molecule has 3 aromatic rings. The Bertz CT molecular complexity index is 963. The molecule has 0 spiro atoms. The zero-order valence-corrected chi connectivity index (χ0v) is 16.5. The molecule has 4 rings (SSSR count). The average Bonchev–Trinajstić information content (AvgIpc) is 3.39. The summed E-state index contributed by atoms with van der Waals surface area (Å²) < 4.78 is 4.20. The third kappa shape index (κ3) is 3.89. The predicted octanol–water partition coefficient (Wildman–Crippen LogP) is 4.47. The Kier molecular flexibility index (Phi) is 5.34. The van der Waals surface area contributed by atoms with Gasteiger partial charge in [-0.1, -0.05) is 37.1 Å². The lowest BCUT2D eigenvalue weighted by Gasteiger charge is -2.29. The summed E-state index contributed by atoms with van der Waals surface area (Å²) in [6, 6.07) is 11.3. The van der Waals surface area contributed by atoms with Gasteiger partial charge in [-0.15, -0.1) is 0 Å². The number of benzene rings is 1. The highest BCUT2D eigenvalue weighted by molar-refractivity contribution is 7.10. The van der Waals surface area contributed by atoms with E-state index in [2.05, 4.69) is 19.9 Å². The number of nitrogens with one attached hydrogen (secondary N) is 2. The van der Waals surface area contributed by atoms with Crippen molar-refractivity contribution >= 4 is 28.2 Å². The molecule has 2 atom stereocenters. The Morgan fingerprint density at radius 3 is 2.50 bits per heavy atom. The molecule has 0 bridgehead atoms. The van der Waals surface area contributed by atoms with Crippen LogP contribution in [0.2, 0.25) is 0 Å². The van der Waals surface area contributed by atoms with Crippen LogP contribution in [0.15, 0.2) is 42.6 Å². The van der Waals surface area contributed by atoms with Gasteiger partial charge in [-0.05, 0) is 49.0 Å². The highest BCUT2D eigenvalue weighted by atomic mass is 32.1. The van der Waals surface area contributed by atoms with Crippen LogP contribution in [0.4, 0.5) is 5.00 Å². The molecule has 1 aromatic carbocycles. The van der Waals surface area contributed by atoms with E-state index < -0.39 is 0 Å². The molecule has 28 heavy (non-hydrogen) atoms. The third-order valence-electron chi connectivity index (χ3n) is 5.30. The van der Waals surface area contributed by atoms with Crippen molar-refractivity contribution in [3.63, 3.8) is 0 Å². The molecule has 2 aromatic heterocycles. The number of hydrogen-bond donors (Lipinski definition) is 2. The Labute approximate surface area is 167 Å². The van der Waals surface area contributed by atoms with Gasteiger partial charge >= 0.3 is 0 Å².